The summed E-state index contributed by atoms with van der Waals surface area (Å²) in [5.41, 5.74) is 1.28. The van der Waals surface area contributed by atoms with Gasteiger partial charge in [-0.1, -0.05) is 18.2 Å². The third-order valence-corrected chi connectivity index (χ3v) is 3.47. The monoisotopic (exact) mass is 370 g/mol. The number of halogens is 2. The Labute approximate surface area is 124 Å². The van der Waals surface area contributed by atoms with Crippen LogP contribution in [0.15, 0.2) is 42.5 Å². The highest BCUT2D eigenvalue weighted by Crippen LogP contribution is 2.19. The maximum absolute atomic E-state index is 13.5. The van der Waals surface area contributed by atoms with Crippen LogP contribution >= 0.6 is 22.6 Å². The number of ether oxygens (including phenoxy) is 1. The van der Waals surface area contributed by atoms with Gasteiger partial charge < -0.3 is 4.74 Å². The molecule has 2 aromatic rings. The van der Waals surface area contributed by atoms with Crippen LogP contribution in [0, 0.1) is 9.39 Å². The number of carbonyl (C=O) groups excluding carboxylic acids is 1. The van der Waals surface area contributed by atoms with Gasteiger partial charge in [-0.2, -0.15) is 0 Å². The summed E-state index contributed by atoms with van der Waals surface area (Å²) in [5.74, 6) is -0.290. The highest BCUT2D eigenvalue weighted by Gasteiger charge is 2.09. The van der Waals surface area contributed by atoms with Crippen LogP contribution in [0.25, 0.3) is 0 Å². The highest BCUT2D eigenvalue weighted by atomic mass is 127. The van der Waals surface area contributed by atoms with Crippen LogP contribution < -0.4 is 4.74 Å². The van der Waals surface area contributed by atoms with E-state index in [4.69, 9.17) is 4.74 Å². The molecule has 0 bridgehead atoms. The molecule has 2 nitrogen and oxygen atoms in total. The first kappa shape index (κ1) is 14.0. The van der Waals surface area contributed by atoms with Gasteiger partial charge in [-0.3, -0.25) is 4.79 Å². The van der Waals surface area contributed by atoms with Gasteiger partial charge in [0.2, 0.25) is 0 Å². The average Bonchev–Trinajstić information content (AvgIpc) is 2.39. The van der Waals surface area contributed by atoms with Crippen molar-refractivity contribution in [2.24, 2.45) is 0 Å². The van der Waals surface area contributed by atoms with Crippen molar-refractivity contribution in [2.75, 3.05) is 7.11 Å². The van der Waals surface area contributed by atoms with E-state index in [2.05, 4.69) is 22.6 Å². The summed E-state index contributed by atoms with van der Waals surface area (Å²) in [6, 6.07) is 11.9. The van der Waals surface area contributed by atoms with Crippen molar-refractivity contribution in [3.8, 4) is 5.75 Å². The van der Waals surface area contributed by atoms with Crippen LogP contribution in [-0.2, 0) is 6.42 Å². The SMILES string of the molecule is COc1ccc(CC(=O)c2ccc(I)cc2)cc1F. The van der Waals surface area contributed by atoms with E-state index >= 15 is 0 Å². The highest BCUT2D eigenvalue weighted by molar-refractivity contribution is 14.1. The third-order valence-electron chi connectivity index (χ3n) is 2.75. The van der Waals surface area contributed by atoms with Crippen molar-refractivity contribution in [3.63, 3.8) is 0 Å². The minimum atomic E-state index is -0.449. The van der Waals surface area contributed by atoms with Gasteiger partial charge >= 0.3 is 0 Å². The average molecular weight is 370 g/mol. The van der Waals surface area contributed by atoms with Crippen LogP contribution in [0.1, 0.15) is 15.9 Å². The fraction of sp³-hybridized carbons (Fsp3) is 0.133. The van der Waals surface area contributed by atoms with Gasteiger partial charge in [0.1, 0.15) is 0 Å². The van der Waals surface area contributed by atoms with Gasteiger partial charge in [0.25, 0.3) is 0 Å². The number of hydrogen-bond acceptors (Lipinski definition) is 2. The zero-order chi connectivity index (χ0) is 13.8. The van der Waals surface area contributed by atoms with Crippen molar-refractivity contribution < 1.29 is 13.9 Å². The Morgan fingerprint density at radius 1 is 1.21 bits per heavy atom. The number of benzene rings is 2. The summed E-state index contributed by atoms with van der Waals surface area (Å²) in [7, 11) is 1.41. The van der Waals surface area contributed by atoms with Crippen LogP contribution in [-0.4, -0.2) is 12.9 Å². The molecular weight excluding hydrogens is 358 g/mol. The second kappa shape index (κ2) is 6.14. The molecule has 0 saturated heterocycles. The van der Waals surface area contributed by atoms with Crippen molar-refractivity contribution in [1.29, 1.82) is 0 Å². The van der Waals surface area contributed by atoms with E-state index in [0.29, 0.717) is 11.1 Å². The topological polar surface area (TPSA) is 26.3 Å². The Morgan fingerprint density at radius 2 is 1.89 bits per heavy atom. The third kappa shape index (κ3) is 3.53. The van der Waals surface area contributed by atoms with Crippen LogP contribution in [0.3, 0.4) is 0 Å². The summed E-state index contributed by atoms with van der Waals surface area (Å²) in [4.78, 5) is 12.0. The van der Waals surface area contributed by atoms with E-state index in [0.717, 1.165) is 3.57 Å². The quantitative estimate of drug-likeness (QED) is 0.604. The number of hydrogen-bond donors (Lipinski definition) is 0. The molecule has 0 spiro atoms. The molecule has 19 heavy (non-hydrogen) atoms. The van der Waals surface area contributed by atoms with Crippen molar-refractivity contribution in [2.45, 2.75) is 6.42 Å². The minimum absolute atomic E-state index is 0.0269. The van der Waals surface area contributed by atoms with Crippen LogP contribution in [0.5, 0.6) is 5.75 Å². The Kier molecular flexibility index (Phi) is 4.52. The molecule has 4 heteroatoms. The predicted molar refractivity (Wildman–Crippen MR) is 80.1 cm³/mol. The summed E-state index contributed by atoms with van der Waals surface area (Å²) < 4.78 is 19.4. The first-order valence-corrected chi connectivity index (χ1v) is 6.79. The van der Waals surface area contributed by atoms with Crippen molar-refractivity contribution >= 4 is 28.4 Å². The first-order valence-electron chi connectivity index (χ1n) is 5.71. The van der Waals surface area contributed by atoms with Gasteiger partial charge in [-0.25, -0.2) is 4.39 Å². The van der Waals surface area contributed by atoms with E-state index < -0.39 is 5.82 Å². The molecule has 0 radical (unpaired) electrons. The minimum Gasteiger partial charge on any atom is -0.494 e. The van der Waals surface area contributed by atoms with Crippen molar-refractivity contribution in [1.82, 2.24) is 0 Å². The second-order valence-corrected chi connectivity index (χ2v) is 5.32. The van der Waals surface area contributed by atoms with Crippen LogP contribution in [0.4, 0.5) is 4.39 Å². The summed E-state index contributed by atoms with van der Waals surface area (Å²) in [6.07, 6.45) is 0.182. The van der Waals surface area contributed by atoms with Gasteiger partial charge in [-0.15, -0.1) is 0 Å². The molecule has 0 aliphatic carbocycles. The Balaban J connectivity index is 2.14. The fourth-order valence-corrected chi connectivity index (χ4v) is 2.10. The predicted octanol–water partition coefficient (Wildman–Crippen LogP) is 3.86. The van der Waals surface area contributed by atoms with E-state index in [1.54, 1.807) is 18.2 Å². The molecule has 0 unspecified atom stereocenters. The number of rotatable bonds is 4. The molecule has 0 aliphatic rings. The van der Waals surface area contributed by atoms with Gasteiger partial charge in [0.15, 0.2) is 17.3 Å². The van der Waals surface area contributed by atoms with Gasteiger partial charge in [0.05, 0.1) is 7.11 Å². The Hall–Kier alpha value is -1.43. The number of methoxy groups -OCH3 is 1. The lowest BCUT2D eigenvalue weighted by Gasteiger charge is -2.05. The summed E-state index contributed by atoms with van der Waals surface area (Å²) >= 11 is 2.18. The van der Waals surface area contributed by atoms with Gasteiger partial charge in [0, 0.05) is 15.6 Å². The van der Waals surface area contributed by atoms with E-state index in [1.807, 2.05) is 12.1 Å². The molecule has 0 fully saturated rings. The molecular formula is C15H12FIO2. The Bertz CT molecular complexity index is 594. The first-order chi connectivity index (χ1) is 9.10. The lowest BCUT2D eigenvalue weighted by atomic mass is 10.0. The largest absolute Gasteiger partial charge is 0.494 e. The van der Waals surface area contributed by atoms with Gasteiger partial charge in [-0.05, 0) is 52.4 Å². The molecule has 0 heterocycles. The fourth-order valence-electron chi connectivity index (χ4n) is 1.74. The maximum atomic E-state index is 13.5. The molecule has 0 aliphatic heterocycles. The smallest absolute Gasteiger partial charge is 0.167 e. The zero-order valence-electron chi connectivity index (χ0n) is 10.3. The molecule has 0 atom stereocenters. The molecule has 0 aromatic heterocycles. The lowest BCUT2D eigenvalue weighted by molar-refractivity contribution is 0.0993. The molecule has 0 amide bonds. The molecule has 2 aromatic carbocycles. The lowest BCUT2D eigenvalue weighted by Crippen LogP contribution is -2.04. The molecule has 0 N–H and O–H groups in total. The summed E-state index contributed by atoms with van der Waals surface area (Å²) in [5, 5.41) is 0. The van der Waals surface area contributed by atoms with E-state index in [9.17, 15) is 9.18 Å². The zero-order valence-corrected chi connectivity index (χ0v) is 12.5. The summed E-state index contributed by atoms with van der Waals surface area (Å²) in [6.45, 7) is 0. The van der Waals surface area contributed by atoms with E-state index in [1.165, 1.54) is 19.2 Å². The second-order valence-electron chi connectivity index (χ2n) is 4.08. The standard InChI is InChI=1S/C15H12FIO2/c1-19-15-7-2-10(8-13(15)16)9-14(18)11-3-5-12(17)6-4-11/h2-8H,9H2,1H3. The molecule has 98 valence electrons. The maximum Gasteiger partial charge on any atom is 0.167 e. The number of ketones is 1. The van der Waals surface area contributed by atoms with Crippen LogP contribution in [0.2, 0.25) is 0 Å². The molecule has 2 rings (SSSR count). The number of Topliss-reactive ketones (excluding diaryl/α,β-unsaturated/α-hetero) is 1. The number of carbonyl (C=O) groups is 1. The van der Waals surface area contributed by atoms with Crippen molar-refractivity contribution in [3.05, 3.63) is 63.0 Å². The van der Waals surface area contributed by atoms with E-state index in [-0.39, 0.29) is 18.0 Å². The Morgan fingerprint density at radius 3 is 2.47 bits per heavy atom. The molecule has 0 saturated carbocycles. The normalized spacial score (nSPS) is 10.3.